The van der Waals surface area contributed by atoms with Gasteiger partial charge in [0.25, 0.3) is 0 Å². The summed E-state index contributed by atoms with van der Waals surface area (Å²) in [6.07, 6.45) is 4.72. The second-order valence-electron chi connectivity index (χ2n) is 6.62. The van der Waals surface area contributed by atoms with Crippen LogP contribution in [0, 0.1) is 17.3 Å². The largest absolute Gasteiger partial charge is 0.375 e. The van der Waals surface area contributed by atoms with Crippen LogP contribution in [0.25, 0.3) is 0 Å². The summed E-state index contributed by atoms with van der Waals surface area (Å²) in [5.74, 6) is 1.45. The van der Waals surface area contributed by atoms with Crippen LogP contribution in [-0.4, -0.2) is 12.2 Å². The van der Waals surface area contributed by atoms with E-state index >= 15 is 0 Å². The van der Waals surface area contributed by atoms with E-state index in [0.717, 1.165) is 5.92 Å². The van der Waals surface area contributed by atoms with Gasteiger partial charge in [0.1, 0.15) is 0 Å². The van der Waals surface area contributed by atoms with Crippen LogP contribution in [-0.2, 0) is 4.74 Å². The first-order valence-electron chi connectivity index (χ1n) is 6.45. The molecular weight excluding hydrogens is 184 g/mol. The molecular formula is C14H28O. The summed E-state index contributed by atoms with van der Waals surface area (Å²) in [5, 5.41) is 0. The van der Waals surface area contributed by atoms with E-state index in [0.29, 0.717) is 23.5 Å². The summed E-state index contributed by atoms with van der Waals surface area (Å²) in [7, 11) is 0. The molecule has 3 atom stereocenters. The zero-order valence-corrected chi connectivity index (χ0v) is 11.3. The van der Waals surface area contributed by atoms with Gasteiger partial charge in [-0.3, -0.25) is 0 Å². The van der Waals surface area contributed by atoms with Crippen molar-refractivity contribution in [3.05, 3.63) is 0 Å². The van der Waals surface area contributed by atoms with Crippen molar-refractivity contribution >= 4 is 0 Å². The Labute approximate surface area is 95.6 Å². The minimum atomic E-state index is 0.399. The Morgan fingerprint density at radius 2 is 1.73 bits per heavy atom. The smallest absolute Gasteiger partial charge is 0.0586 e. The highest BCUT2D eigenvalue weighted by Gasteiger charge is 2.33. The van der Waals surface area contributed by atoms with Crippen molar-refractivity contribution in [2.75, 3.05) is 0 Å². The van der Waals surface area contributed by atoms with Gasteiger partial charge < -0.3 is 4.74 Å². The van der Waals surface area contributed by atoms with Crippen molar-refractivity contribution in [2.45, 2.75) is 73.0 Å². The van der Waals surface area contributed by atoms with Crippen molar-refractivity contribution in [2.24, 2.45) is 17.3 Å². The predicted octanol–water partition coefficient (Wildman–Crippen LogP) is 4.26. The molecule has 1 nitrogen and oxygen atoms in total. The highest BCUT2D eigenvalue weighted by Crippen LogP contribution is 2.40. The molecule has 0 aromatic rings. The van der Waals surface area contributed by atoms with Crippen LogP contribution in [0.2, 0.25) is 0 Å². The van der Waals surface area contributed by atoms with E-state index in [4.69, 9.17) is 4.74 Å². The van der Waals surface area contributed by atoms with Gasteiger partial charge >= 0.3 is 0 Å². The maximum Gasteiger partial charge on any atom is 0.0586 e. The molecule has 90 valence electrons. The first-order chi connectivity index (χ1) is 6.80. The molecule has 1 heteroatoms. The summed E-state index contributed by atoms with van der Waals surface area (Å²) in [4.78, 5) is 0. The van der Waals surface area contributed by atoms with Crippen LogP contribution in [0.15, 0.2) is 0 Å². The highest BCUT2D eigenvalue weighted by atomic mass is 16.5. The second kappa shape index (κ2) is 4.86. The quantitative estimate of drug-likeness (QED) is 0.679. The Morgan fingerprint density at radius 3 is 2.20 bits per heavy atom. The van der Waals surface area contributed by atoms with Crippen LogP contribution in [0.5, 0.6) is 0 Å². The normalized spacial score (nSPS) is 33.0. The van der Waals surface area contributed by atoms with Crippen LogP contribution in [0.3, 0.4) is 0 Å². The summed E-state index contributed by atoms with van der Waals surface area (Å²) in [6.45, 7) is 13.8. The molecule has 0 heterocycles. The molecule has 0 saturated heterocycles. The van der Waals surface area contributed by atoms with E-state index in [1.165, 1.54) is 19.3 Å². The average Bonchev–Trinajstić information content (AvgIpc) is 1.99. The Morgan fingerprint density at radius 1 is 1.13 bits per heavy atom. The fourth-order valence-electron chi connectivity index (χ4n) is 2.82. The lowest BCUT2D eigenvalue weighted by molar-refractivity contribution is -0.0735. The van der Waals surface area contributed by atoms with Crippen molar-refractivity contribution < 1.29 is 4.74 Å². The Balaban J connectivity index is 2.48. The summed E-state index contributed by atoms with van der Waals surface area (Å²) in [6, 6.07) is 0. The van der Waals surface area contributed by atoms with Gasteiger partial charge in [0.05, 0.1) is 12.2 Å². The van der Waals surface area contributed by atoms with Gasteiger partial charge in [0.15, 0.2) is 0 Å². The van der Waals surface area contributed by atoms with Crippen molar-refractivity contribution in [3.8, 4) is 0 Å². The molecule has 1 aliphatic carbocycles. The molecule has 0 bridgehead atoms. The van der Waals surface area contributed by atoms with Crippen molar-refractivity contribution in [1.29, 1.82) is 0 Å². The van der Waals surface area contributed by atoms with Crippen LogP contribution >= 0.6 is 0 Å². The molecule has 1 fully saturated rings. The standard InChI is InChI=1S/C14H28O/c1-10(2)12(4)15-13-7-11(3)8-14(5,6)9-13/h10-13H,7-9H2,1-6H3/t11?,12-,13?/m1/s1. The fourth-order valence-corrected chi connectivity index (χ4v) is 2.82. The maximum atomic E-state index is 6.16. The molecule has 1 aliphatic rings. The van der Waals surface area contributed by atoms with E-state index in [9.17, 15) is 0 Å². The molecule has 15 heavy (non-hydrogen) atoms. The number of hydrogen-bond acceptors (Lipinski definition) is 1. The first-order valence-corrected chi connectivity index (χ1v) is 6.45. The third-order valence-corrected chi connectivity index (χ3v) is 3.69. The van der Waals surface area contributed by atoms with Crippen LogP contribution < -0.4 is 0 Å². The van der Waals surface area contributed by atoms with Gasteiger partial charge in [-0.25, -0.2) is 0 Å². The average molecular weight is 212 g/mol. The van der Waals surface area contributed by atoms with E-state index in [-0.39, 0.29) is 0 Å². The topological polar surface area (TPSA) is 9.23 Å². The van der Waals surface area contributed by atoms with Gasteiger partial charge in [-0.15, -0.1) is 0 Å². The number of rotatable bonds is 3. The van der Waals surface area contributed by atoms with Crippen LogP contribution in [0.4, 0.5) is 0 Å². The number of hydrogen-bond donors (Lipinski definition) is 0. The molecule has 0 spiro atoms. The summed E-state index contributed by atoms with van der Waals surface area (Å²) >= 11 is 0. The molecule has 0 aromatic carbocycles. The molecule has 2 unspecified atom stereocenters. The maximum absolute atomic E-state index is 6.16. The number of ether oxygens (including phenoxy) is 1. The van der Waals surface area contributed by atoms with E-state index in [1.54, 1.807) is 0 Å². The highest BCUT2D eigenvalue weighted by molar-refractivity contribution is 4.84. The zero-order valence-electron chi connectivity index (χ0n) is 11.3. The van der Waals surface area contributed by atoms with Crippen molar-refractivity contribution in [1.82, 2.24) is 0 Å². The molecule has 0 radical (unpaired) electrons. The predicted molar refractivity (Wildman–Crippen MR) is 66.0 cm³/mol. The summed E-state index contributed by atoms with van der Waals surface area (Å²) in [5.41, 5.74) is 0.471. The van der Waals surface area contributed by atoms with Gasteiger partial charge in [-0.2, -0.15) is 0 Å². The van der Waals surface area contributed by atoms with Gasteiger partial charge in [-0.1, -0.05) is 34.6 Å². The Bertz CT molecular complexity index is 196. The molecule has 0 N–H and O–H groups in total. The summed E-state index contributed by atoms with van der Waals surface area (Å²) < 4.78 is 6.16. The zero-order chi connectivity index (χ0) is 11.6. The molecule has 0 amide bonds. The van der Waals surface area contributed by atoms with Gasteiger partial charge in [0.2, 0.25) is 0 Å². The van der Waals surface area contributed by atoms with E-state index < -0.39 is 0 Å². The monoisotopic (exact) mass is 212 g/mol. The SMILES string of the molecule is CC1CC(O[C@H](C)C(C)C)CC(C)(C)C1. The molecule has 1 saturated carbocycles. The lowest BCUT2D eigenvalue weighted by Crippen LogP contribution is -2.35. The van der Waals surface area contributed by atoms with Gasteiger partial charge in [0, 0.05) is 0 Å². The minimum Gasteiger partial charge on any atom is -0.375 e. The fraction of sp³-hybridized carbons (Fsp3) is 1.00. The van der Waals surface area contributed by atoms with E-state index in [1.807, 2.05) is 0 Å². The first kappa shape index (κ1) is 13.0. The lowest BCUT2D eigenvalue weighted by Gasteiger charge is -2.40. The second-order valence-corrected chi connectivity index (χ2v) is 6.62. The Kier molecular flexibility index (Phi) is 4.22. The Hall–Kier alpha value is -0.0400. The lowest BCUT2D eigenvalue weighted by atomic mass is 9.71. The molecule has 0 aliphatic heterocycles. The third-order valence-electron chi connectivity index (χ3n) is 3.69. The minimum absolute atomic E-state index is 0.399. The molecule has 1 rings (SSSR count). The van der Waals surface area contributed by atoms with Crippen LogP contribution in [0.1, 0.15) is 60.8 Å². The molecule has 0 aromatic heterocycles. The third kappa shape index (κ3) is 4.14. The van der Waals surface area contributed by atoms with Crippen molar-refractivity contribution in [3.63, 3.8) is 0 Å². The van der Waals surface area contributed by atoms with E-state index in [2.05, 4.69) is 41.5 Å². The van der Waals surface area contributed by atoms with Gasteiger partial charge in [-0.05, 0) is 43.4 Å².